The number of para-hydroxylation sites is 2. The number of oxazole rings is 1. The van der Waals surface area contributed by atoms with Crippen LogP contribution in [0.4, 0.5) is 4.79 Å². The summed E-state index contributed by atoms with van der Waals surface area (Å²) in [6.07, 6.45) is 4.02. The van der Waals surface area contributed by atoms with Gasteiger partial charge in [-0.2, -0.15) is 4.57 Å². The van der Waals surface area contributed by atoms with Gasteiger partial charge in [0, 0.05) is 6.54 Å². The number of benzene rings is 2. The van der Waals surface area contributed by atoms with E-state index in [1.165, 1.54) is 5.56 Å². The van der Waals surface area contributed by atoms with Crippen LogP contribution in [0.2, 0.25) is 0 Å². The Morgan fingerprint density at radius 1 is 0.958 bits per heavy atom. The van der Waals surface area contributed by atoms with Crippen LogP contribution in [0, 0.1) is 0 Å². The molecule has 1 N–H and O–H groups in total. The second kappa shape index (κ2) is 7.64. The normalized spacial score (nSPS) is 10.8. The van der Waals surface area contributed by atoms with Gasteiger partial charge in [0.1, 0.15) is 0 Å². The Balaban J connectivity index is 1.46. The van der Waals surface area contributed by atoms with E-state index in [2.05, 4.69) is 17.4 Å². The number of carbonyl (C=O) groups excluding carboxylic acids is 1. The molecule has 0 fully saturated rings. The van der Waals surface area contributed by atoms with Crippen molar-refractivity contribution in [3.8, 4) is 0 Å². The molecular formula is C19H20N2O3. The number of unbranched alkanes of at least 4 members (excludes halogenated alkanes) is 2. The number of hydrogen-bond donors (Lipinski definition) is 1. The van der Waals surface area contributed by atoms with Gasteiger partial charge in [-0.15, -0.1) is 0 Å². The molecule has 0 spiro atoms. The largest absolute Gasteiger partial charge is 0.428 e. The van der Waals surface area contributed by atoms with Crippen molar-refractivity contribution in [3.63, 3.8) is 0 Å². The Bertz CT molecular complexity index is 865. The molecule has 0 aliphatic heterocycles. The van der Waals surface area contributed by atoms with Crippen LogP contribution in [0.5, 0.6) is 0 Å². The number of nitrogens with one attached hydrogen (secondary N) is 1. The molecule has 0 saturated heterocycles. The molecule has 0 aliphatic carbocycles. The van der Waals surface area contributed by atoms with E-state index in [1.807, 2.05) is 18.2 Å². The number of rotatable bonds is 6. The van der Waals surface area contributed by atoms with E-state index in [-0.39, 0.29) is 0 Å². The molecule has 1 amide bonds. The minimum atomic E-state index is -0.655. The first-order chi connectivity index (χ1) is 11.8. The number of amides is 1. The molecule has 3 rings (SSSR count). The van der Waals surface area contributed by atoms with E-state index >= 15 is 0 Å². The lowest BCUT2D eigenvalue weighted by atomic mass is 10.1. The van der Waals surface area contributed by atoms with Gasteiger partial charge >= 0.3 is 11.8 Å². The Morgan fingerprint density at radius 2 is 1.71 bits per heavy atom. The molecule has 24 heavy (non-hydrogen) atoms. The topological polar surface area (TPSA) is 64.2 Å². The van der Waals surface area contributed by atoms with E-state index < -0.39 is 11.8 Å². The number of carbonyl (C=O) groups is 1. The van der Waals surface area contributed by atoms with Gasteiger partial charge in [0.2, 0.25) is 0 Å². The lowest BCUT2D eigenvalue weighted by Gasteiger charge is -2.05. The number of nitrogens with zero attached hydrogens (tertiary/aromatic N) is 1. The third kappa shape index (κ3) is 3.74. The van der Waals surface area contributed by atoms with Crippen molar-refractivity contribution in [2.24, 2.45) is 0 Å². The molecule has 0 unspecified atom stereocenters. The van der Waals surface area contributed by atoms with Gasteiger partial charge in [0.25, 0.3) is 0 Å². The molecule has 2 aromatic carbocycles. The van der Waals surface area contributed by atoms with E-state index in [1.54, 1.807) is 24.3 Å². The molecule has 3 aromatic rings. The maximum absolute atomic E-state index is 12.2. The molecule has 5 nitrogen and oxygen atoms in total. The van der Waals surface area contributed by atoms with E-state index in [9.17, 15) is 9.59 Å². The minimum absolute atomic E-state index is 0.417. The van der Waals surface area contributed by atoms with Crippen LogP contribution in [0.25, 0.3) is 11.1 Å². The number of aromatic nitrogens is 1. The summed E-state index contributed by atoms with van der Waals surface area (Å²) >= 11 is 0. The lowest BCUT2D eigenvalue weighted by molar-refractivity contribution is 0.241. The predicted molar refractivity (Wildman–Crippen MR) is 93.3 cm³/mol. The van der Waals surface area contributed by atoms with Crippen molar-refractivity contribution in [1.82, 2.24) is 9.88 Å². The molecule has 5 heteroatoms. The van der Waals surface area contributed by atoms with Gasteiger partial charge in [-0.05, 0) is 37.0 Å². The zero-order chi connectivity index (χ0) is 16.8. The summed E-state index contributed by atoms with van der Waals surface area (Å²) in [5.41, 5.74) is 2.24. The summed E-state index contributed by atoms with van der Waals surface area (Å²) in [6.45, 7) is 0.541. The van der Waals surface area contributed by atoms with Crippen molar-refractivity contribution in [2.75, 3.05) is 6.54 Å². The highest BCUT2D eigenvalue weighted by Crippen LogP contribution is 2.11. The number of aryl methyl sites for hydroxylation is 1. The van der Waals surface area contributed by atoms with Gasteiger partial charge < -0.3 is 9.73 Å². The maximum Gasteiger partial charge on any atom is 0.428 e. The van der Waals surface area contributed by atoms with Gasteiger partial charge in [-0.3, -0.25) is 0 Å². The minimum Gasteiger partial charge on any atom is -0.407 e. The Hall–Kier alpha value is -2.82. The zero-order valence-electron chi connectivity index (χ0n) is 13.4. The summed E-state index contributed by atoms with van der Waals surface area (Å²) in [7, 11) is 0. The number of fused-ring (bicyclic) bond motifs is 1. The Morgan fingerprint density at radius 3 is 2.54 bits per heavy atom. The third-order valence-corrected chi connectivity index (χ3v) is 3.95. The fourth-order valence-electron chi connectivity index (χ4n) is 2.71. The zero-order valence-corrected chi connectivity index (χ0v) is 13.4. The molecule has 0 radical (unpaired) electrons. The first kappa shape index (κ1) is 16.1. The van der Waals surface area contributed by atoms with Gasteiger partial charge in [-0.1, -0.05) is 48.9 Å². The van der Waals surface area contributed by atoms with Crippen molar-refractivity contribution in [1.29, 1.82) is 0 Å². The third-order valence-electron chi connectivity index (χ3n) is 3.95. The van der Waals surface area contributed by atoms with E-state index in [0.29, 0.717) is 17.6 Å². The summed E-state index contributed by atoms with van der Waals surface area (Å²) in [5, 5.41) is 2.78. The highest BCUT2D eigenvalue weighted by Gasteiger charge is 2.14. The van der Waals surface area contributed by atoms with E-state index in [0.717, 1.165) is 30.3 Å². The first-order valence-electron chi connectivity index (χ1n) is 8.18. The summed E-state index contributed by atoms with van der Waals surface area (Å²) < 4.78 is 6.10. The second-order valence-electron chi connectivity index (χ2n) is 5.70. The molecule has 124 valence electrons. The van der Waals surface area contributed by atoms with Gasteiger partial charge in [-0.25, -0.2) is 9.59 Å². The lowest BCUT2D eigenvalue weighted by Crippen LogP contribution is -2.34. The average Bonchev–Trinajstić information content (AvgIpc) is 2.94. The molecule has 1 aromatic heterocycles. The van der Waals surface area contributed by atoms with E-state index in [4.69, 9.17) is 4.42 Å². The van der Waals surface area contributed by atoms with Crippen LogP contribution in [0.1, 0.15) is 24.8 Å². The molecule has 0 atom stereocenters. The summed E-state index contributed by atoms with van der Waals surface area (Å²) in [5.74, 6) is -0.655. The van der Waals surface area contributed by atoms with Crippen LogP contribution < -0.4 is 11.1 Å². The molecule has 0 bridgehead atoms. The summed E-state index contributed by atoms with van der Waals surface area (Å²) in [4.78, 5) is 24.0. The molecule has 1 heterocycles. The Labute approximate surface area is 139 Å². The van der Waals surface area contributed by atoms with Crippen molar-refractivity contribution < 1.29 is 9.21 Å². The van der Waals surface area contributed by atoms with Crippen LogP contribution in [-0.2, 0) is 6.42 Å². The fraction of sp³-hybridized carbons (Fsp3) is 0.263. The highest BCUT2D eigenvalue weighted by molar-refractivity contribution is 5.87. The standard InChI is InChI=1S/C19H20N2O3/c22-18(21-16-12-6-7-13-17(16)24-19(21)23)20-14-8-2-5-11-15-9-3-1-4-10-15/h1,3-4,6-7,9-10,12-13H,2,5,8,11,14H2,(H,20,22). The fourth-order valence-corrected chi connectivity index (χ4v) is 2.71. The average molecular weight is 324 g/mol. The quantitative estimate of drug-likeness (QED) is 0.705. The van der Waals surface area contributed by atoms with Crippen molar-refractivity contribution in [3.05, 3.63) is 70.7 Å². The smallest absolute Gasteiger partial charge is 0.407 e. The second-order valence-corrected chi connectivity index (χ2v) is 5.70. The van der Waals surface area contributed by atoms with Crippen LogP contribution in [-0.4, -0.2) is 17.1 Å². The molecular weight excluding hydrogens is 304 g/mol. The number of hydrogen-bond acceptors (Lipinski definition) is 3. The molecule has 0 saturated carbocycles. The van der Waals surface area contributed by atoms with Gasteiger partial charge in [0.15, 0.2) is 5.58 Å². The first-order valence-corrected chi connectivity index (χ1v) is 8.18. The van der Waals surface area contributed by atoms with Crippen molar-refractivity contribution >= 4 is 17.1 Å². The monoisotopic (exact) mass is 324 g/mol. The van der Waals surface area contributed by atoms with Crippen LogP contribution in [0.15, 0.2) is 63.8 Å². The van der Waals surface area contributed by atoms with Crippen molar-refractivity contribution in [2.45, 2.75) is 25.7 Å². The SMILES string of the molecule is O=C(NCCCCCc1ccccc1)n1c(=O)oc2ccccc21. The van der Waals surface area contributed by atoms with Gasteiger partial charge in [0.05, 0.1) is 5.52 Å². The van der Waals surface area contributed by atoms with Crippen LogP contribution >= 0.6 is 0 Å². The summed E-state index contributed by atoms with van der Waals surface area (Å²) in [6, 6.07) is 16.8. The Kier molecular flexibility index (Phi) is 5.11. The highest BCUT2D eigenvalue weighted by atomic mass is 16.4. The van der Waals surface area contributed by atoms with Crippen LogP contribution in [0.3, 0.4) is 0 Å². The predicted octanol–water partition coefficient (Wildman–Crippen LogP) is 3.57. The molecule has 0 aliphatic rings. The maximum atomic E-state index is 12.2.